The first-order valence-electron chi connectivity index (χ1n) is 9.04. The number of nitrogens with zero attached hydrogens (tertiary/aromatic N) is 4. The van der Waals surface area contributed by atoms with Crippen LogP contribution in [0, 0.1) is 5.92 Å². The van der Waals surface area contributed by atoms with Crippen LogP contribution in [0.1, 0.15) is 33.1 Å². The van der Waals surface area contributed by atoms with E-state index in [1.165, 1.54) is 18.2 Å². The summed E-state index contributed by atoms with van der Waals surface area (Å²) < 4.78 is 2.15. The van der Waals surface area contributed by atoms with Crippen LogP contribution in [0.2, 0.25) is 0 Å². The summed E-state index contributed by atoms with van der Waals surface area (Å²) in [4.78, 5) is 14.4. The zero-order chi connectivity index (χ0) is 17.6. The molecule has 2 heterocycles. The van der Waals surface area contributed by atoms with Gasteiger partial charge in [-0.3, -0.25) is 4.79 Å². The summed E-state index contributed by atoms with van der Waals surface area (Å²) in [5.41, 5.74) is 1.06. The van der Waals surface area contributed by atoms with Crippen molar-refractivity contribution in [1.82, 2.24) is 19.7 Å². The van der Waals surface area contributed by atoms with Gasteiger partial charge in [-0.1, -0.05) is 55.9 Å². The molecule has 6 heteroatoms. The molecule has 1 aromatic carbocycles. The number of amides is 1. The van der Waals surface area contributed by atoms with Crippen molar-refractivity contribution >= 4 is 17.7 Å². The summed E-state index contributed by atoms with van der Waals surface area (Å²) in [7, 11) is 0. The molecule has 25 heavy (non-hydrogen) atoms. The van der Waals surface area contributed by atoms with Gasteiger partial charge < -0.3 is 9.47 Å². The van der Waals surface area contributed by atoms with Crippen LogP contribution in [0.15, 0.2) is 35.5 Å². The highest BCUT2D eigenvalue weighted by Crippen LogP contribution is 2.25. The van der Waals surface area contributed by atoms with Gasteiger partial charge in [0.05, 0.1) is 5.75 Å². The van der Waals surface area contributed by atoms with E-state index in [0.29, 0.717) is 11.7 Å². The Bertz CT molecular complexity index is 693. The van der Waals surface area contributed by atoms with Crippen molar-refractivity contribution in [3.8, 4) is 11.4 Å². The molecule has 0 unspecified atom stereocenters. The van der Waals surface area contributed by atoms with Gasteiger partial charge in [-0.25, -0.2) is 0 Å². The Morgan fingerprint density at radius 1 is 1.12 bits per heavy atom. The molecule has 1 aliphatic heterocycles. The number of hydrogen-bond donors (Lipinski definition) is 0. The second-order valence-corrected chi connectivity index (χ2v) is 7.85. The maximum Gasteiger partial charge on any atom is 0.233 e. The molecule has 1 saturated heterocycles. The SMILES string of the molecule is CC(C)Cn1c(SCC(=O)N2CCCCC2)nnc1-c1ccccc1. The summed E-state index contributed by atoms with van der Waals surface area (Å²) in [5.74, 6) is 2.01. The minimum atomic E-state index is 0.213. The Morgan fingerprint density at radius 2 is 1.84 bits per heavy atom. The van der Waals surface area contributed by atoms with Gasteiger partial charge in [-0.15, -0.1) is 10.2 Å². The number of thioether (sulfide) groups is 1. The van der Waals surface area contributed by atoms with Crippen molar-refractivity contribution in [1.29, 1.82) is 0 Å². The first kappa shape index (κ1) is 18.0. The number of piperidine rings is 1. The van der Waals surface area contributed by atoms with E-state index in [2.05, 4.69) is 28.6 Å². The highest BCUT2D eigenvalue weighted by Gasteiger charge is 2.20. The van der Waals surface area contributed by atoms with Gasteiger partial charge in [-0.05, 0) is 25.2 Å². The molecule has 0 bridgehead atoms. The number of benzene rings is 1. The number of carbonyl (C=O) groups excluding carboxylic acids is 1. The molecular weight excluding hydrogens is 332 g/mol. The number of hydrogen-bond acceptors (Lipinski definition) is 4. The zero-order valence-electron chi connectivity index (χ0n) is 15.0. The lowest BCUT2D eigenvalue weighted by atomic mass is 10.1. The maximum atomic E-state index is 12.4. The van der Waals surface area contributed by atoms with E-state index in [1.807, 2.05) is 35.2 Å². The molecule has 0 saturated carbocycles. The van der Waals surface area contributed by atoms with Crippen LogP contribution in [0.4, 0.5) is 0 Å². The topological polar surface area (TPSA) is 51.0 Å². The summed E-state index contributed by atoms with van der Waals surface area (Å²) in [6, 6.07) is 10.1. The lowest BCUT2D eigenvalue weighted by Gasteiger charge is -2.26. The van der Waals surface area contributed by atoms with Crippen LogP contribution >= 0.6 is 11.8 Å². The van der Waals surface area contributed by atoms with Crippen molar-refractivity contribution in [2.45, 2.75) is 44.8 Å². The van der Waals surface area contributed by atoms with Gasteiger partial charge in [-0.2, -0.15) is 0 Å². The smallest absolute Gasteiger partial charge is 0.233 e. The lowest BCUT2D eigenvalue weighted by Crippen LogP contribution is -2.36. The van der Waals surface area contributed by atoms with Crippen molar-refractivity contribution < 1.29 is 4.79 Å². The van der Waals surface area contributed by atoms with E-state index < -0.39 is 0 Å². The molecule has 134 valence electrons. The molecule has 1 aromatic heterocycles. The molecule has 2 aromatic rings. The highest BCUT2D eigenvalue weighted by atomic mass is 32.2. The Hall–Kier alpha value is -1.82. The van der Waals surface area contributed by atoms with Crippen LogP contribution in [-0.2, 0) is 11.3 Å². The quantitative estimate of drug-likeness (QED) is 0.739. The second-order valence-electron chi connectivity index (χ2n) is 6.91. The second kappa shape index (κ2) is 8.52. The maximum absolute atomic E-state index is 12.4. The van der Waals surface area contributed by atoms with E-state index in [9.17, 15) is 4.79 Å². The Kier molecular flexibility index (Phi) is 6.13. The van der Waals surface area contributed by atoms with E-state index in [1.54, 1.807) is 0 Å². The predicted octanol–water partition coefficient (Wildman–Crippen LogP) is 3.71. The van der Waals surface area contributed by atoms with Crippen molar-refractivity contribution in [2.75, 3.05) is 18.8 Å². The van der Waals surface area contributed by atoms with Gasteiger partial charge in [0.15, 0.2) is 11.0 Å². The molecule has 0 N–H and O–H groups in total. The molecule has 1 fully saturated rings. The summed E-state index contributed by atoms with van der Waals surface area (Å²) in [6.07, 6.45) is 3.48. The molecular formula is C19H26N4OS. The third-order valence-electron chi connectivity index (χ3n) is 4.33. The Labute approximate surface area is 153 Å². The molecule has 1 aliphatic rings. The molecule has 0 radical (unpaired) electrons. The van der Waals surface area contributed by atoms with Gasteiger partial charge in [0.25, 0.3) is 0 Å². The van der Waals surface area contributed by atoms with Crippen molar-refractivity contribution in [3.63, 3.8) is 0 Å². The molecule has 0 atom stereocenters. The predicted molar refractivity (Wildman–Crippen MR) is 101 cm³/mol. The normalized spacial score (nSPS) is 14.9. The highest BCUT2D eigenvalue weighted by molar-refractivity contribution is 7.99. The first-order valence-corrected chi connectivity index (χ1v) is 10.0. The summed E-state index contributed by atoms with van der Waals surface area (Å²) in [5, 5.41) is 9.60. The first-order chi connectivity index (χ1) is 12.1. The minimum Gasteiger partial charge on any atom is -0.342 e. The number of carbonyl (C=O) groups is 1. The minimum absolute atomic E-state index is 0.213. The van der Waals surface area contributed by atoms with E-state index >= 15 is 0 Å². The van der Waals surface area contributed by atoms with Crippen LogP contribution < -0.4 is 0 Å². The summed E-state index contributed by atoms with van der Waals surface area (Å²) >= 11 is 1.50. The van der Waals surface area contributed by atoms with Crippen LogP contribution in [0.3, 0.4) is 0 Å². The van der Waals surface area contributed by atoms with Crippen LogP contribution in [-0.4, -0.2) is 44.4 Å². The number of likely N-dealkylation sites (tertiary alicyclic amines) is 1. The fourth-order valence-electron chi connectivity index (χ4n) is 3.09. The van der Waals surface area contributed by atoms with Crippen LogP contribution in [0.5, 0.6) is 0 Å². The third-order valence-corrected chi connectivity index (χ3v) is 5.28. The standard InChI is InChI=1S/C19H26N4OS/c1-15(2)13-23-18(16-9-5-3-6-10-16)20-21-19(23)25-14-17(24)22-11-7-4-8-12-22/h3,5-6,9-10,15H,4,7-8,11-14H2,1-2H3. The average Bonchev–Trinajstić information content (AvgIpc) is 3.03. The van der Waals surface area contributed by atoms with Gasteiger partial charge in [0.1, 0.15) is 0 Å². The van der Waals surface area contributed by atoms with Gasteiger partial charge in [0, 0.05) is 25.2 Å². The van der Waals surface area contributed by atoms with E-state index in [4.69, 9.17) is 0 Å². The van der Waals surface area contributed by atoms with Crippen molar-refractivity contribution in [3.05, 3.63) is 30.3 Å². The van der Waals surface area contributed by atoms with Gasteiger partial charge >= 0.3 is 0 Å². The van der Waals surface area contributed by atoms with Crippen LogP contribution in [0.25, 0.3) is 11.4 Å². The number of rotatable bonds is 6. The zero-order valence-corrected chi connectivity index (χ0v) is 15.8. The molecule has 1 amide bonds. The fraction of sp³-hybridized carbons (Fsp3) is 0.526. The molecule has 0 aliphatic carbocycles. The Balaban J connectivity index is 1.74. The Morgan fingerprint density at radius 3 is 2.52 bits per heavy atom. The molecule has 3 rings (SSSR count). The fourth-order valence-corrected chi connectivity index (χ4v) is 3.94. The largest absolute Gasteiger partial charge is 0.342 e. The lowest BCUT2D eigenvalue weighted by molar-refractivity contribution is -0.129. The molecule has 0 spiro atoms. The van der Waals surface area contributed by atoms with E-state index in [0.717, 1.165) is 49.0 Å². The summed E-state index contributed by atoms with van der Waals surface area (Å²) in [6.45, 7) is 7.00. The monoisotopic (exact) mass is 358 g/mol. The third kappa shape index (κ3) is 4.63. The average molecular weight is 359 g/mol. The molecule has 5 nitrogen and oxygen atoms in total. The van der Waals surface area contributed by atoms with Gasteiger partial charge in [0.2, 0.25) is 5.91 Å². The number of aromatic nitrogens is 3. The van der Waals surface area contributed by atoms with Crippen molar-refractivity contribution in [2.24, 2.45) is 5.92 Å². The van der Waals surface area contributed by atoms with E-state index in [-0.39, 0.29) is 5.91 Å².